The third kappa shape index (κ3) is 6.17. The van der Waals surface area contributed by atoms with Crippen LogP contribution in [-0.4, -0.2) is 53.5 Å². The normalized spacial score (nSPS) is 14.1. The predicted molar refractivity (Wildman–Crippen MR) is 92.2 cm³/mol. The van der Waals surface area contributed by atoms with E-state index < -0.39 is 0 Å². The van der Waals surface area contributed by atoms with Crippen molar-refractivity contribution in [3.63, 3.8) is 0 Å². The van der Waals surface area contributed by atoms with Crippen molar-refractivity contribution in [1.29, 1.82) is 0 Å². The Morgan fingerprint density at radius 1 is 1.08 bits per heavy atom. The fourth-order valence-electron chi connectivity index (χ4n) is 2.53. The number of ether oxygens (including phenoxy) is 1. The first-order chi connectivity index (χ1) is 12.1. The average molecular weight is 350 g/mol. The molecule has 0 spiro atoms. The topological polar surface area (TPSA) is 109 Å². The molecule has 1 aromatic rings. The molecule has 0 aliphatic carbocycles. The van der Waals surface area contributed by atoms with Crippen molar-refractivity contribution in [3.8, 4) is 6.01 Å². The van der Waals surface area contributed by atoms with E-state index in [1.54, 1.807) is 0 Å². The molecular weight excluding hydrogens is 324 g/mol. The van der Waals surface area contributed by atoms with Gasteiger partial charge >= 0.3 is 6.01 Å². The maximum Gasteiger partial charge on any atom is 0.321 e. The van der Waals surface area contributed by atoms with Crippen LogP contribution in [0.15, 0.2) is 0 Å². The minimum absolute atomic E-state index is 0.0555. The number of aromatic nitrogens is 3. The van der Waals surface area contributed by atoms with Crippen LogP contribution in [0.4, 0.5) is 5.95 Å². The molecule has 0 unspecified atom stereocenters. The second-order valence-corrected chi connectivity index (χ2v) is 5.89. The molecule has 2 amide bonds. The van der Waals surface area contributed by atoms with Gasteiger partial charge in [0.1, 0.15) is 0 Å². The summed E-state index contributed by atoms with van der Waals surface area (Å²) in [6.07, 6.45) is 4.59. The number of piperidine rings is 1. The largest absolute Gasteiger partial charge is 0.467 e. The van der Waals surface area contributed by atoms with Gasteiger partial charge in [0, 0.05) is 19.5 Å². The standard InChI is InChI=1S/C16H26N6O3/c1-3-7-13(23)18-11-14(24)17-10-12-19-15(21-16(20-12)25-2)22-8-5-4-6-9-22/h3-11H2,1-2H3,(H,17,24)(H,18,23). The van der Waals surface area contributed by atoms with E-state index in [0.29, 0.717) is 18.2 Å². The summed E-state index contributed by atoms with van der Waals surface area (Å²) in [6.45, 7) is 3.82. The van der Waals surface area contributed by atoms with Gasteiger partial charge < -0.3 is 20.3 Å². The van der Waals surface area contributed by atoms with E-state index >= 15 is 0 Å². The number of nitrogens with zero attached hydrogens (tertiary/aromatic N) is 4. The molecule has 0 bridgehead atoms. The maximum atomic E-state index is 11.8. The second kappa shape index (κ2) is 9.75. The lowest BCUT2D eigenvalue weighted by Crippen LogP contribution is -2.37. The zero-order chi connectivity index (χ0) is 18.1. The van der Waals surface area contributed by atoms with Gasteiger partial charge in [0.15, 0.2) is 5.82 Å². The summed E-state index contributed by atoms with van der Waals surface area (Å²) in [5, 5.41) is 5.27. The Labute approximate surface area is 147 Å². The number of anilines is 1. The van der Waals surface area contributed by atoms with Crippen LogP contribution in [-0.2, 0) is 16.1 Å². The monoisotopic (exact) mass is 350 g/mol. The number of carbonyl (C=O) groups is 2. The van der Waals surface area contributed by atoms with E-state index in [1.807, 2.05) is 6.92 Å². The molecule has 0 radical (unpaired) electrons. The van der Waals surface area contributed by atoms with Crippen molar-refractivity contribution in [2.45, 2.75) is 45.6 Å². The Kier molecular flexibility index (Phi) is 7.36. The van der Waals surface area contributed by atoms with Gasteiger partial charge in [0.2, 0.25) is 17.8 Å². The highest BCUT2D eigenvalue weighted by Crippen LogP contribution is 2.17. The van der Waals surface area contributed by atoms with Crippen molar-refractivity contribution in [3.05, 3.63) is 5.82 Å². The SMILES string of the molecule is CCCC(=O)NCC(=O)NCc1nc(OC)nc(N2CCCCC2)n1. The van der Waals surface area contributed by atoms with Gasteiger partial charge in [-0.25, -0.2) is 0 Å². The smallest absolute Gasteiger partial charge is 0.321 e. The molecule has 1 aromatic heterocycles. The van der Waals surface area contributed by atoms with E-state index in [-0.39, 0.29) is 30.9 Å². The average Bonchev–Trinajstić information content (AvgIpc) is 2.65. The first-order valence-electron chi connectivity index (χ1n) is 8.69. The number of hydrogen-bond donors (Lipinski definition) is 2. The molecular formula is C16H26N6O3. The van der Waals surface area contributed by atoms with E-state index in [1.165, 1.54) is 13.5 Å². The first kappa shape index (κ1) is 18.9. The van der Waals surface area contributed by atoms with Crippen LogP contribution in [0.5, 0.6) is 6.01 Å². The van der Waals surface area contributed by atoms with Gasteiger partial charge in [0.05, 0.1) is 20.2 Å². The molecule has 1 aliphatic heterocycles. The van der Waals surface area contributed by atoms with E-state index in [2.05, 4.69) is 30.5 Å². The van der Waals surface area contributed by atoms with Gasteiger partial charge in [-0.15, -0.1) is 0 Å². The molecule has 138 valence electrons. The molecule has 0 atom stereocenters. The summed E-state index contributed by atoms with van der Waals surface area (Å²) in [7, 11) is 1.50. The lowest BCUT2D eigenvalue weighted by molar-refractivity contribution is -0.126. The lowest BCUT2D eigenvalue weighted by atomic mass is 10.1. The van der Waals surface area contributed by atoms with Gasteiger partial charge in [-0.1, -0.05) is 6.92 Å². The van der Waals surface area contributed by atoms with Crippen molar-refractivity contribution in [2.24, 2.45) is 0 Å². The zero-order valence-corrected chi connectivity index (χ0v) is 14.9. The molecule has 2 rings (SSSR count). The summed E-state index contributed by atoms with van der Waals surface area (Å²) in [4.78, 5) is 38.2. The van der Waals surface area contributed by atoms with E-state index in [9.17, 15) is 9.59 Å². The molecule has 2 heterocycles. The minimum Gasteiger partial charge on any atom is -0.467 e. The highest BCUT2D eigenvalue weighted by Gasteiger charge is 2.17. The van der Waals surface area contributed by atoms with Crippen LogP contribution >= 0.6 is 0 Å². The molecule has 2 N–H and O–H groups in total. The van der Waals surface area contributed by atoms with Gasteiger partial charge in [-0.05, 0) is 25.7 Å². The third-order valence-electron chi connectivity index (χ3n) is 3.84. The fraction of sp³-hybridized carbons (Fsp3) is 0.688. The summed E-state index contributed by atoms with van der Waals surface area (Å²) in [5.41, 5.74) is 0. The Morgan fingerprint density at radius 3 is 2.52 bits per heavy atom. The van der Waals surface area contributed by atoms with Gasteiger partial charge in [-0.2, -0.15) is 15.0 Å². The van der Waals surface area contributed by atoms with Crippen LogP contribution in [0.1, 0.15) is 44.9 Å². The Bertz CT molecular complexity index is 589. The van der Waals surface area contributed by atoms with Crippen LogP contribution in [0.25, 0.3) is 0 Å². The van der Waals surface area contributed by atoms with Gasteiger partial charge in [0.25, 0.3) is 0 Å². The molecule has 9 heteroatoms. The Morgan fingerprint density at radius 2 is 1.84 bits per heavy atom. The number of carbonyl (C=O) groups excluding carboxylic acids is 2. The minimum atomic E-state index is -0.289. The third-order valence-corrected chi connectivity index (χ3v) is 3.84. The highest BCUT2D eigenvalue weighted by molar-refractivity contribution is 5.84. The van der Waals surface area contributed by atoms with Crippen LogP contribution < -0.4 is 20.3 Å². The molecule has 9 nitrogen and oxygen atoms in total. The van der Waals surface area contributed by atoms with Crippen molar-refractivity contribution in [1.82, 2.24) is 25.6 Å². The van der Waals surface area contributed by atoms with Crippen LogP contribution in [0.2, 0.25) is 0 Å². The van der Waals surface area contributed by atoms with Crippen molar-refractivity contribution in [2.75, 3.05) is 31.6 Å². The predicted octanol–water partition coefficient (Wildman–Crippen LogP) is 0.403. The summed E-state index contributed by atoms with van der Waals surface area (Å²) >= 11 is 0. The van der Waals surface area contributed by atoms with Crippen LogP contribution in [0, 0.1) is 0 Å². The molecule has 0 saturated carbocycles. The summed E-state index contributed by atoms with van der Waals surface area (Å²) in [6, 6.07) is 0.232. The number of hydrogen-bond acceptors (Lipinski definition) is 7. The molecule has 0 aromatic carbocycles. The number of rotatable bonds is 8. The maximum absolute atomic E-state index is 11.8. The van der Waals surface area contributed by atoms with Crippen molar-refractivity contribution < 1.29 is 14.3 Å². The van der Waals surface area contributed by atoms with Gasteiger partial charge in [-0.3, -0.25) is 9.59 Å². The number of nitrogens with one attached hydrogen (secondary N) is 2. The molecule has 1 aliphatic rings. The molecule has 1 fully saturated rings. The highest BCUT2D eigenvalue weighted by atomic mass is 16.5. The van der Waals surface area contributed by atoms with Crippen LogP contribution in [0.3, 0.4) is 0 Å². The fourth-order valence-corrected chi connectivity index (χ4v) is 2.53. The molecule has 1 saturated heterocycles. The van der Waals surface area contributed by atoms with E-state index in [4.69, 9.17) is 4.74 Å². The first-order valence-corrected chi connectivity index (χ1v) is 8.69. The molecule has 25 heavy (non-hydrogen) atoms. The Balaban J connectivity index is 1.92. The van der Waals surface area contributed by atoms with E-state index in [0.717, 1.165) is 32.4 Å². The second-order valence-electron chi connectivity index (χ2n) is 5.89. The number of amides is 2. The number of methoxy groups -OCH3 is 1. The Hall–Kier alpha value is -2.45. The lowest BCUT2D eigenvalue weighted by Gasteiger charge is -2.26. The summed E-state index contributed by atoms with van der Waals surface area (Å²) in [5.74, 6) is 0.586. The quantitative estimate of drug-likeness (QED) is 0.698. The zero-order valence-electron chi connectivity index (χ0n) is 14.9. The summed E-state index contributed by atoms with van der Waals surface area (Å²) < 4.78 is 5.14. The van der Waals surface area contributed by atoms with Crippen molar-refractivity contribution >= 4 is 17.8 Å².